The molecule has 0 fully saturated rings. The van der Waals surface area contributed by atoms with Crippen LogP contribution in [0.25, 0.3) is 0 Å². The highest BCUT2D eigenvalue weighted by molar-refractivity contribution is 7.14. The summed E-state index contributed by atoms with van der Waals surface area (Å²) in [7, 11) is 0. The van der Waals surface area contributed by atoms with Crippen molar-refractivity contribution in [3.63, 3.8) is 0 Å². The molecule has 1 heterocycles. The fourth-order valence-corrected chi connectivity index (χ4v) is 3.81. The number of carbonyl (C=O) groups excluding carboxylic acids is 3. The van der Waals surface area contributed by atoms with Crippen molar-refractivity contribution in [1.82, 2.24) is 0 Å². The summed E-state index contributed by atoms with van der Waals surface area (Å²) < 4.78 is 5.13. The van der Waals surface area contributed by atoms with Crippen LogP contribution in [0, 0.1) is 0 Å². The molecule has 3 rings (SSSR count). The molecule has 1 N–H and O–H groups in total. The van der Waals surface area contributed by atoms with Crippen molar-refractivity contribution in [1.29, 1.82) is 0 Å². The zero-order valence-electron chi connectivity index (χ0n) is 13.3. The molecule has 1 amide bonds. The Morgan fingerprint density at radius 3 is 2.58 bits per heavy atom. The Labute approximate surface area is 143 Å². The van der Waals surface area contributed by atoms with Gasteiger partial charge in [-0.15, -0.1) is 11.3 Å². The highest BCUT2D eigenvalue weighted by Gasteiger charge is 2.20. The van der Waals surface area contributed by atoms with Crippen molar-refractivity contribution in [2.24, 2.45) is 0 Å². The summed E-state index contributed by atoms with van der Waals surface area (Å²) in [4.78, 5) is 36.9. The standard InChI is InChI=1S/C18H17NO4S/c1-11(20)19-14-7-5-12(6-8-14)15(21)10-23-18(22)17-9-13-3-2-4-16(13)24-17/h5-9H,2-4,10H2,1H3,(H,19,20). The van der Waals surface area contributed by atoms with E-state index in [0.717, 1.165) is 19.3 Å². The number of aryl methyl sites for hydroxylation is 2. The average Bonchev–Trinajstić information content (AvgIpc) is 3.14. The number of carbonyl (C=O) groups is 3. The van der Waals surface area contributed by atoms with Gasteiger partial charge < -0.3 is 10.1 Å². The molecular weight excluding hydrogens is 326 g/mol. The van der Waals surface area contributed by atoms with Crippen LogP contribution in [0.15, 0.2) is 30.3 Å². The lowest BCUT2D eigenvalue weighted by molar-refractivity contribution is -0.114. The Morgan fingerprint density at radius 2 is 1.92 bits per heavy atom. The lowest BCUT2D eigenvalue weighted by Crippen LogP contribution is -2.13. The summed E-state index contributed by atoms with van der Waals surface area (Å²) in [6, 6.07) is 8.35. The first kappa shape index (κ1) is 16.4. The van der Waals surface area contributed by atoms with E-state index in [1.165, 1.54) is 28.7 Å². The first-order valence-corrected chi connectivity index (χ1v) is 8.54. The van der Waals surface area contributed by atoms with Crippen LogP contribution in [0.5, 0.6) is 0 Å². The summed E-state index contributed by atoms with van der Waals surface area (Å²) in [5.41, 5.74) is 2.28. The zero-order valence-corrected chi connectivity index (χ0v) is 14.1. The molecule has 6 heteroatoms. The van der Waals surface area contributed by atoms with Gasteiger partial charge in [0.25, 0.3) is 0 Å². The first-order valence-electron chi connectivity index (χ1n) is 7.72. The van der Waals surface area contributed by atoms with E-state index in [0.29, 0.717) is 16.1 Å². The molecule has 0 radical (unpaired) electrons. The van der Waals surface area contributed by atoms with Gasteiger partial charge in [0.05, 0.1) is 0 Å². The number of anilines is 1. The average molecular weight is 343 g/mol. The maximum absolute atomic E-state index is 12.1. The molecule has 0 spiro atoms. The van der Waals surface area contributed by atoms with Crippen molar-refractivity contribution in [2.75, 3.05) is 11.9 Å². The summed E-state index contributed by atoms with van der Waals surface area (Å²) in [6.45, 7) is 1.12. The molecule has 0 bridgehead atoms. The minimum absolute atomic E-state index is 0.175. The van der Waals surface area contributed by atoms with E-state index in [1.54, 1.807) is 24.3 Å². The molecule has 0 saturated heterocycles. The normalized spacial score (nSPS) is 12.5. The lowest BCUT2D eigenvalue weighted by atomic mass is 10.1. The van der Waals surface area contributed by atoms with Crippen LogP contribution >= 0.6 is 11.3 Å². The summed E-state index contributed by atoms with van der Waals surface area (Å²) in [5, 5.41) is 2.63. The Bertz CT molecular complexity index is 770. The number of hydrogen-bond donors (Lipinski definition) is 1. The van der Waals surface area contributed by atoms with Crippen molar-refractivity contribution < 1.29 is 19.1 Å². The number of thiophene rings is 1. The number of amides is 1. The van der Waals surface area contributed by atoms with Gasteiger partial charge in [0.2, 0.25) is 5.91 Å². The van der Waals surface area contributed by atoms with Gasteiger partial charge >= 0.3 is 5.97 Å². The Kier molecular flexibility index (Phi) is 4.76. The summed E-state index contributed by atoms with van der Waals surface area (Å²) >= 11 is 1.46. The monoisotopic (exact) mass is 343 g/mol. The van der Waals surface area contributed by atoms with Crippen LogP contribution in [0.3, 0.4) is 0 Å². The molecule has 24 heavy (non-hydrogen) atoms. The maximum Gasteiger partial charge on any atom is 0.348 e. The van der Waals surface area contributed by atoms with E-state index >= 15 is 0 Å². The number of ketones is 1. The fourth-order valence-electron chi connectivity index (χ4n) is 2.66. The molecule has 2 aromatic rings. The predicted molar refractivity (Wildman–Crippen MR) is 91.7 cm³/mol. The smallest absolute Gasteiger partial charge is 0.348 e. The quantitative estimate of drug-likeness (QED) is 0.668. The molecule has 1 aromatic heterocycles. The van der Waals surface area contributed by atoms with Crippen LogP contribution in [0.1, 0.15) is 43.8 Å². The second-order valence-electron chi connectivity index (χ2n) is 5.67. The number of ether oxygens (including phenoxy) is 1. The topological polar surface area (TPSA) is 72.5 Å². The first-order chi connectivity index (χ1) is 11.5. The predicted octanol–water partition coefficient (Wildman–Crippen LogP) is 3.23. The minimum atomic E-state index is -0.447. The number of fused-ring (bicyclic) bond motifs is 1. The highest BCUT2D eigenvalue weighted by Crippen LogP contribution is 2.30. The number of nitrogens with one attached hydrogen (secondary N) is 1. The molecule has 0 atom stereocenters. The van der Waals surface area contributed by atoms with Crippen molar-refractivity contribution in [2.45, 2.75) is 26.2 Å². The number of Topliss-reactive ketones (excluding diaryl/α,β-unsaturated/α-hetero) is 1. The van der Waals surface area contributed by atoms with Crippen LogP contribution in [0.4, 0.5) is 5.69 Å². The molecule has 0 aliphatic heterocycles. The third kappa shape index (κ3) is 3.71. The van der Waals surface area contributed by atoms with Gasteiger partial charge in [-0.05, 0) is 55.2 Å². The van der Waals surface area contributed by atoms with E-state index in [-0.39, 0.29) is 18.3 Å². The molecule has 0 saturated carbocycles. The van der Waals surface area contributed by atoms with Gasteiger partial charge in [0.1, 0.15) is 4.88 Å². The maximum atomic E-state index is 12.1. The second-order valence-corrected chi connectivity index (χ2v) is 6.81. The van der Waals surface area contributed by atoms with Gasteiger partial charge in [0.15, 0.2) is 12.4 Å². The molecule has 1 aliphatic carbocycles. The molecule has 1 aromatic carbocycles. The molecular formula is C18H17NO4S. The van der Waals surface area contributed by atoms with Gasteiger partial charge in [-0.3, -0.25) is 9.59 Å². The van der Waals surface area contributed by atoms with Gasteiger partial charge in [-0.2, -0.15) is 0 Å². The number of esters is 1. The third-order valence-corrected chi connectivity index (χ3v) is 5.03. The van der Waals surface area contributed by atoms with Gasteiger partial charge in [-0.1, -0.05) is 0 Å². The van der Waals surface area contributed by atoms with Crippen LogP contribution in [0.2, 0.25) is 0 Å². The van der Waals surface area contributed by atoms with Crippen molar-refractivity contribution >= 4 is 34.7 Å². The Balaban J connectivity index is 1.56. The largest absolute Gasteiger partial charge is 0.453 e. The van der Waals surface area contributed by atoms with E-state index in [4.69, 9.17) is 4.74 Å². The number of benzene rings is 1. The summed E-state index contributed by atoms with van der Waals surface area (Å²) in [6.07, 6.45) is 3.18. The molecule has 1 aliphatic rings. The third-order valence-electron chi connectivity index (χ3n) is 3.81. The van der Waals surface area contributed by atoms with Crippen molar-refractivity contribution in [3.8, 4) is 0 Å². The van der Waals surface area contributed by atoms with Gasteiger partial charge in [-0.25, -0.2) is 4.79 Å². The van der Waals surface area contributed by atoms with E-state index < -0.39 is 5.97 Å². The lowest BCUT2D eigenvalue weighted by Gasteiger charge is -2.05. The number of hydrogen-bond acceptors (Lipinski definition) is 5. The SMILES string of the molecule is CC(=O)Nc1ccc(C(=O)COC(=O)c2cc3c(s2)CCC3)cc1. The minimum Gasteiger partial charge on any atom is -0.453 e. The number of rotatable bonds is 5. The van der Waals surface area contributed by atoms with Crippen molar-refractivity contribution in [3.05, 3.63) is 51.2 Å². The Morgan fingerprint density at radius 1 is 1.17 bits per heavy atom. The van der Waals surface area contributed by atoms with Gasteiger partial charge in [0, 0.05) is 23.1 Å². The second kappa shape index (κ2) is 6.97. The summed E-state index contributed by atoms with van der Waals surface area (Å²) in [5.74, 6) is -0.898. The van der Waals surface area contributed by atoms with E-state index in [2.05, 4.69) is 5.32 Å². The Hall–Kier alpha value is -2.47. The fraction of sp³-hybridized carbons (Fsp3) is 0.278. The van der Waals surface area contributed by atoms with E-state index in [1.807, 2.05) is 6.07 Å². The van der Waals surface area contributed by atoms with Crippen LogP contribution in [-0.4, -0.2) is 24.3 Å². The zero-order chi connectivity index (χ0) is 17.1. The molecule has 124 valence electrons. The van der Waals surface area contributed by atoms with Crippen LogP contribution in [-0.2, 0) is 22.4 Å². The highest BCUT2D eigenvalue weighted by atomic mass is 32.1. The van der Waals surface area contributed by atoms with Crippen LogP contribution < -0.4 is 5.32 Å². The van der Waals surface area contributed by atoms with E-state index in [9.17, 15) is 14.4 Å². The molecule has 5 nitrogen and oxygen atoms in total. The molecule has 0 unspecified atom stereocenters.